The van der Waals surface area contributed by atoms with Gasteiger partial charge in [0.2, 0.25) is 5.91 Å². The predicted molar refractivity (Wildman–Crippen MR) is 85.2 cm³/mol. The first-order valence-electron chi connectivity index (χ1n) is 7.66. The van der Waals surface area contributed by atoms with Gasteiger partial charge in [-0.25, -0.2) is 0 Å². The normalized spacial score (nSPS) is 23.6. The van der Waals surface area contributed by atoms with Crippen LogP contribution >= 0.6 is 15.9 Å². The van der Waals surface area contributed by atoms with Crippen molar-refractivity contribution in [2.45, 2.75) is 44.4 Å². The highest BCUT2D eigenvalue weighted by molar-refractivity contribution is 9.09. The van der Waals surface area contributed by atoms with Gasteiger partial charge in [0, 0.05) is 11.9 Å². The fourth-order valence-corrected chi connectivity index (χ4v) is 4.31. The van der Waals surface area contributed by atoms with Crippen LogP contribution in [0, 0.1) is 5.41 Å². The smallest absolute Gasteiger partial charge is 0.227 e. The molecule has 0 aliphatic heterocycles. The first kappa shape index (κ1) is 14.1. The number of fused-ring (bicyclic) bond motifs is 1. The first-order valence-corrected chi connectivity index (χ1v) is 8.78. The summed E-state index contributed by atoms with van der Waals surface area (Å²) in [5, 5.41) is 4.22. The lowest BCUT2D eigenvalue weighted by molar-refractivity contribution is -0.123. The minimum absolute atomic E-state index is 0.0853. The van der Waals surface area contributed by atoms with E-state index in [0.717, 1.165) is 18.3 Å². The Bertz CT molecular complexity index is 494. The highest BCUT2D eigenvalue weighted by Crippen LogP contribution is 2.38. The summed E-state index contributed by atoms with van der Waals surface area (Å²) in [4.78, 5) is 12.4. The van der Waals surface area contributed by atoms with E-state index in [1.165, 1.54) is 43.2 Å². The molecule has 0 spiro atoms. The molecule has 2 nitrogen and oxygen atoms in total. The molecule has 1 amide bonds. The first-order chi connectivity index (χ1) is 9.74. The molecule has 2 aliphatic carbocycles. The second kappa shape index (κ2) is 5.88. The number of hydrogen-bond donors (Lipinski definition) is 1. The topological polar surface area (TPSA) is 29.1 Å². The van der Waals surface area contributed by atoms with Gasteiger partial charge in [-0.05, 0) is 35.8 Å². The van der Waals surface area contributed by atoms with E-state index in [1.807, 2.05) is 6.07 Å². The van der Waals surface area contributed by atoms with Crippen molar-refractivity contribution < 1.29 is 4.79 Å². The lowest BCUT2D eigenvalue weighted by Gasteiger charge is -2.37. The van der Waals surface area contributed by atoms with Crippen molar-refractivity contribution >= 4 is 21.8 Å². The SMILES string of the molecule is O=C(NCC1(CBr)CCCCC1)C1Cc2ccccc21. The highest BCUT2D eigenvalue weighted by atomic mass is 79.9. The van der Waals surface area contributed by atoms with Crippen molar-refractivity contribution in [2.75, 3.05) is 11.9 Å². The molecule has 1 saturated carbocycles. The third-order valence-corrected chi connectivity index (χ3v) is 6.20. The molecule has 0 aromatic heterocycles. The zero-order valence-electron chi connectivity index (χ0n) is 11.8. The molecule has 0 radical (unpaired) electrons. The average molecular weight is 336 g/mol. The van der Waals surface area contributed by atoms with Crippen molar-refractivity contribution in [3.05, 3.63) is 35.4 Å². The fraction of sp³-hybridized carbons (Fsp3) is 0.588. The number of carbonyl (C=O) groups excluding carboxylic acids is 1. The van der Waals surface area contributed by atoms with Crippen LogP contribution in [0.15, 0.2) is 24.3 Å². The summed E-state index contributed by atoms with van der Waals surface area (Å²) in [6.45, 7) is 0.829. The number of nitrogens with one attached hydrogen (secondary N) is 1. The van der Waals surface area contributed by atoms with Crippen LogP contribution in [0.5, 0.6) is 0 Å². The van der Waals surface area contributed by atoms with E-state index in [4.69, 9.17) is 0 Å². The maximum absolute atomic E-state index is 12.4. The Morgan fingerprint density at radius 2 is 2.00 bits per heavy atom. The summed E-state index contributed by atoms with van der Waals surface area (Å²) in [6.07, 6.45) is 7.32. The number of amides is 1. The van der Waals surface area contributed by atoms with E-state index < -0.39 is 0 Å². The standard InChI is InChI=1S/C17H22BrNO/c18-11-17(8-4-1-5-9-17)12-19-16(20)15-10-13-6-2-3-7-14(13)15/h2-3,6-7,15H,1,4-5,8-12H2,(H,19,20). The van der Waals surface area contributed by atoms with Gasteiger partial charge >= 0.3 is 0 Å². The zero-order valence-corrected chi connectivity index (χ0v) is 13.4. The molecule has 1 unspecified atom stereocenters. The Hall–Kier alpha value is -0.830. The van der Waals surface area contributed by atoms with Gasteiger partial charge < -0.3 is 5.32 Å². The molecule has 0 heterocycles. The van der Waals surface area contributed by atoms with Crippen LogP contribution in [0.4, 0.5) is 0 Å². The minimum Gasteiger partial charge on any atom is -0.355 e. The largest absolute Gasteiger partial charge is 0.355 e. The van der Waals surface area contributed by atoms with E-state index in [9.17, 15) is 4.79 Å². The molecule has 20 heavy (non-hydrogen) atoms. The summed E-state index contributed by atoms with van der Waals surface area (Å²) in [5.74, 6) is 0.303. The van der Waals surface area contributed by atoms with E-state index in [0.29, 0.717) is 0 Å². The lowest BCUT2D eigenvalue weighted by atomic mass is 9.74. The molecular weight excluding hydrogens is 314 g/mol. The molecule has 1 atom stereocenters. The summed E-state index contributed by atoms with van der Waals surface area (Å²) in [7, 11) is 0. The molecular formula is C17H22BrNO. The molecule has 3 heteroatoms. The van der Waals surface area contributed by atoms with E-state index in [1.54, 1.807) is 0 Å². The number of benzene rings is 1. The molecule has 0 bridgehead atoms. The number of carbonyl (C=O) groups is 1. The molecule has 1 N–H and O–H groups in total. The van der Waals surface area contributed by atoms with Gasteiger partial charge in [0.25, 0.3) is 0 Å². The van der Waals surface area contributed by atoms with Crippen molar-refractivity contribution in [3.8, 4) is 0 Å². The summed E-state index contributed by atoms with van der Waals surface area (Å²) < 4.78 is 0. The van der Waals surface area contributed by atoms with Gasteiger partial charge in [-0.3, -0.25) is 4.79 Å². The third-order valence-electron chi connectivity index (χ3n) is 5.01. The molecule has 3 rings (SSSR count). The number of halogens is 1. The van der Waals surface area contributed by atoms with Crippen LogP contribution in [0.3, 0.4) is 0 Å². The summed E-state index contributed by atoms with van der Waals surface area (Å²) >= 11 is 3.66. The molecule has 0 saturated heterocycles. The molecule has 1 fully saturated rings. The van der Waals surface area contributed by atoms with Gasteiger partial charge in [-0.15, -0.1) is 0 Å². The summed E-state index contributed by atoms with van der Waals surface area (Å²) in [6, 6.07) is 8.29. The Morgan fingerprint density at radius 1 is 1.25 bits per heavy atom. The van der Waals surface area contributed by atoms with E-state index in [2.05, 4.69) is 39.4 Å². The van der Waals surface area contributed by atoms with Crippen molar-refractivity contribution in [1.82, 2.24) is 5.32 Å². The van der Waals surface area contributed by atoms with Crippen LogP contribution in [-0.4, -0.2) is 17.8 Å². The van der Waals surface area contributed by atoms with Gasteiger partial charge in [0.05, 0.1) is 5.92 Å². The Balaban J connectivity index is 1.58. The van der Waals surface area contributed by atoms with Crippen molar-refractivity contribution in [1.29, 1.82) is 0 Å². The average Bonchev–Trinajstić information content (AvgIpc) is 2.47. The van der Waals surface area contributed by atoms with Crippen LogP contribution in [-0.2, 0) is 11.2 Å². The lowest BCUT2D eigenvalue weighted by Crippen LogP contribution is -2.43. The quantitative estimate of drug-likeness (QED) is 0.833. The van der Waals surface area contributed by atoms with Gasteiger partial charge in [0.15, 0.2) is 0 Å². The Kier molecular flexibility index (Phi) is 4.16. The van der Waals surface area contributed by atoms with Crippen LogP contribution in [0.2, 0.25) is 0 Å². The number of alkyl halides is 1. The second-order valence-electron chi connectivity index (χ2n) is 6.37. The van der Waals surface area contributed by atoms with Gasteiger partial charge in [-0.2, -0.15) is 0 Å². The van der Waals surface area contributed by atoms with Gasteiger partial charge in [-0.1, -0.05) is 59.5 Å². The van der Waals surface area contributed by atoms with Crippen molar-refractivity contribution in [2.24, 2.45) is 5.41 Å². The fourth-order valence-electron chi connectivity index (χ4n) is 3.55. The number of rotatable bonds is 4. The molecule has 1 aromatic carbocycles. The second-order valence-corrected chi connectivity index (χ2v) is 6.93. The third kappa shape index (κ3) is 2.65. The molecule has 2 aliphatic rings. The maximum atomic E-state index is 12.4. The monoisotopic (exact) mass is 335 g/mol. The highest BCUT2D eigenvalue weighted by Gasteiger charge is 2.35. The Labute approximate surface area is 129 Å². The van der Waals surface area contributed by atoms with Crippen LogP contribution in [0.25, 0.3) is 0 Å². The molecule has 108 valence electrons. The molecule has 1 aromatic rings. The van der Waals surface area contributed by atoms with Crippen molar-refractivity contribution in [3.63, 3.8) is 0 Å². The van der Waals surface area contributed by atoms with E-state index in [-0.39, 0.29) is 17.2 Å². The van der Waals surface area contributed by atoms with Crippen LogP contribution in [0.1, 0.15) is 49.1 Å². The minimum atomic E-state index is 0.0853. The Morgan fingerprint density at radius 3 is 2.70 bits per heavy atom. The van der Waals surface area contributed by atoms with Gasteiger partial charge in [0.1, 0.15) is 0 Å². The van der Waals surface area contributed by atoms with E-state index >= 15 is 0 Å². The summed E-state index contributed by atoms with van der Waals surface area (Å²) in [5.41, 5.74) is 2.85. The van der Waals surface area contributed by atoms with Crippen LogP contribution < -0.4 is 5.32 Å². The predicted octanol–water partition coefficient (Wildman–Crippen LogP) is 3.79. The number of hydrogen-bond acceptors (Lipinski definition) is 1. The maximum Gasteiger partial charge on any atom is 0.227 e. The zero-order chi connectivity index (χ0) is 14.0.